The van der Waals surface area contributed by atoms with Crippen molar-refractivity contribution >= 4 is 67.8 Å². The molecule has 0 amide bonds. The highest BCUT2D eigenvalue weighted by molar-refractivity contribution is 9.10. The normalized spacial score (nSPS) is 10.4. The van der Waals surface area contributed by atoms with Crippen molar-refractivity contribution in [2.45, 2.75) is 0 Å². The molecule has 7 nitrogen and oxygen atoms in total. The lowest BCUT2D eigenvalue weighted by atomic mass is 10.3. The summed E-state index contributed by atoms with van der Waals surface area (Å²) in [4.78, 5) is 19.0. The van der Waals surface area contributed by atoms with Crippen LogP contribution in [0.15, 0.2) is 53.3 Å². The van der Waals surface area contributed by atoms with Crippen LogP contribution in [0.2, 0.25) is 10.0 Å². The molecule has 3 rings (SSSR count). The van der Waals surface area contributed by atoms with Gasteiger partial charge in [0.05, 0.1) is 15.6 Å². The molecule has 10 heteroatoms. The number of nitrogens with one attached hydrogen (secondary N) is 2. The Kier molecular flexibility index (Phi) is 5.55. The lowest BCUT2D eigenvalue weighted by Crippen LogP contribution is -2.05. The fraction of sp³-hybridized carbons (Fsp3) is 0. The summed E-state index contributed by atoms with van der Waals surface area (Å²) in [5, 5.41) is 18.1. The first-order valence-corrected chi connectivity index (χ1v) is 8.73. The third-order valence-electron chi connectivity index (χ3n) is 3.30. The van der Waals surface area contributed by atoms with Gasteiger partial charge >= 0.3 is 5.69 Å². The summed E-state index contributed by atoms with van der Waals surface area (Å²) < 4.78 is 0.889. The Morgan fingerprint density at radius 1 is 1.00 bits per heavy atom. The van der Waals surface area contributed by atoms with E-state index in [1.807, 2.05) is 12.1 Å². The molecule has 0 unspecified atom stereocenters. The zero-order chi connectivity index (χ0) is 18.7. The van der Waals surface area contributed by atoms with Crippen LogP contribution in [-0.4, -0.2) is 14.9 Å². The highest BCUT2D eigenvalue weighted by Crippen LogP contribution is 2.35. The summed E-state index contributed by atoms with van der Waals surface area (Å²) in [5.74, 6) is 0.0637. The minimum Gasteiger partial charge on any atom is -0.334 e. The predicted molar refractivity (Wildman–Crippen MR) is 106 cm³/mol. The molecule has 0 radical (unpaired) electrons. The smallest absolute Gasteiger partial charge is 0.334 e. The zero-order valence-electron chi connectivity index (χ0n) is 12.9. The Balaban J connectivity index is 1.98. The number of anilines is 4. The number of hydrogen-bond acceptors (Lipinski definition) is 6. The molecular formula is C16H10BrCl2N5O2. The number of halogens is 3. The molecule has 0 saturated heterocycles. The molecule has 0 atom stereocenters. The van der Waals surface area contributed by atoms with Crippen molar-refractivity contribution in [1.82, 2.24) is 9.97 Å². The van der Waals surface area contributed by atoms with Crippen LogP contribution in [0.4, 0.5) is 28.7 Å². The van der Waals surface area contributed by atoms with Gasteiger partial charge in [-0.2, -0.15) is 0 Å². The van der Waals surface area contributed by atoms with Gasteiger partial charge in [0, 0.05) is 15.2 Å². The van der Waals surface area contributed by atoms with Crippen molar-refractivity contribution in [3.05, 3.63) is 73.4 Å². The molecule has 1 aromatic heterocycles. The first-order chi connectivity index (χ1) is 12.4. The van der Waals surface area contributed by atoms with Crippen LogP contribution in [0.3, 0.4) is 0 Å². The molecule has 132 valence electrons. The van der Waals surface area contributed by atoms with Crippen LogP contribution in [0.5, 0.6) is 0 Å². The number of nitro groups is 1. The van der Waals surface area contributed by atoms with E-state index in [-0.39, 0.29) is 17.3 Å². The fourth-order valence-corrected chi connectivity index (χ4v) is 2.84. The second-order valence-corrected chi connectivity index (χ2v) is 6.82. The van der Waals surface area contributed by atoms with E-state index in [1.165, 1.54) is 12.4 Å². The molecule has 0 aliphatic heterocycles. The first kappa shape index (κ1) is 18.4. The van der Waals surface area contributed by atoms with Gasteiger partial charge in [-0.1, -0.05) is 39.1 Å². The molecule has 0 fully saturated rings. The maximum absolute atomic E-state index is 11.6. The van der Waals surface area contributed by atoms with Gasteiger partial charge in [0.2, 0.25) is 11.6 Å². The van der Waals surface area contributed by atoms with Gasteiger partial charge in [0.1, 0.15) is 6.33 Å². The molecule has 0 spiro atoms. The maximum atomic E-state index is 11.6. The summed E-state index contributed by atoms with van der Waals surface area (Å²) in [7, 11) is 0. The van der Waals surface area contributed by atoms with Crippen LogP contribution in [0.25, 0.3) is 0 Å². The topological polar surface area (TPSA) is 93.0 Å². The van der Waals surface area contributed by atoms with Gasteiger partial charge in [-0.25, -0.2) is 9.97 Å². The van der Waals surface area contributed by atoms with Gasteiger partial charge in [-0.05, 0) is 42.5 Å². The Bertz CT molecular complexity index is 969. The predicted octanol–water partition coefficient (Wildman–Crippen LogP) is 5.94. The van der Waals surface area contributed by atoms with Crippen LogP contribution >= 0.6 is 39.1 Å². The average molecular weight is 455 g/mol. The van der Waals surface area contributed by atoms with E-state index < -0.39 is 4.92 Å². The monoisotopic (exact) mass is 453 g/mol. The van der Waals surface area contributed by atoms with Crippen molar-refractivity contribution in [2.24, 2.45) is 0 Å². The lowest BCUT2D eigenvalue weighted by Gasteiger charge is -2.11. The summed E-state index contributed by atoms with van der Waals surface area (Å²) in [6.45, 7) is 0. The number of aromatic nitrogens is 2. The summed E-state index contributed by atoms with van der Waals surface area (Å²) in [5.41, 5.74) is 0.777. The minimum absolute atomic E-state index is 0.00818. The standard InChI is InChI=1S/C16H10BrCl2N5O2/c17-9-1-4-11(5-2-9)22-15-14(24(25)26)16(21-8-20-15)23-13-6-3-10(18)7-12(13)19/h1-8H,(H2,20,21,22,23). The Hall–Kier alpha value is -2.42. The van der Waals surface area contributed by atoms with Gasteiger partial charge in [0.15, 0.2) is 0 Å². The first-order valence-electron chi connectivity index (χ1n) is 7.18. The number of nitrogens with zero attached hydrogens (tertiary/aromatic N) is 3. The number of hydrogen-bond donors (Lipinski definition) is 2. The fourth-order valence-electron chi connectivity index (χ4n) is 2.12. The van der Waals surface area contributed by atoms with Crippen LogP contribution in [-0.2, 0) is 0 Å². The van der Waals surface area contributed by atoms with Gasteiger partial charge < -0.3 is 10.6 Å². The second-order valence-electron chi connectivity index (χ2n) is 5.06. The van der Waals surface area contributed by atoms with Crippen LogP contribution < -0.4 is 10.6 Å². The molecule has 1 heterocycles. The van der Waals surface area contributed by atoms with E-state index in [0.29, 0.717) is 21.4 Å². The van der Waals surface area contributed by atoms with Gasteiger partial charge in [-0.3, -0.25) is 10.1 Å². The molecule has 2 N–H and O–H groups in total. The summed E-state index contributed by atoms with van der Waals surface area (Å²) in [6.07, 6.45) is 1.22. The molecule has 0 aliphatic carbocycles. The van der Waals surface area contributed by atoms with Gasteiger partial charge in [0.25, 0.3) is 0 Å². The average Bonchev–Trinajstić information content (AvgIpc) is 2.59. The maximum Gasteiger partial charge on any atom is 0.353 e. The van der Waals surface area contributed by atoms with Crippen molar-refractivity contribution in [1.29, 1.82) is 0 Å². The Morgan fingerprint density at radius 3 is 2.27 bits per heavy atom. The molecule has 3 aromatic rings. The minimum atomic E-state index is -0.562. The van der Waals surface area contributed by atoms with E-state index in [4.69, 9.17) is 23.2 Å². The molecule has 0 aliphatic rings. The largest absolute Gasteiger partial charge is 0.353 e. The molecule has 0 bridgehead atoms. The summed E-state index contributed by atoms with van der Waals surface area (Å²) in [6, 6.07) is 11.9. The lowest BCUT2D eigenvalue weighted by molar-refractivity contribution is -0.383. The third kappa shape index (κ3) is 4.21. The van der Waals surface area contributed by atoms with Crippen LogP contribution in [0.1, 0.15) is 0 Å². The van der Waals surface area contributed by atoms with E-state index >= 15 is 0 Å². The SMILES string of the molecule is O=[N+]([O-])c1c(Nc2ccc(Br)cc2)ncnc1Nc1ccc(Cl)cc1Cl. The Labute approximate surface area is 166 Å². The van der Waals surface area contributed by atoms with E-state index in [9.17, 15) is 10.1 Å². The zero-order valence-corrected chi connectivity index (χ0v) is 16.0. The van der Waals surface area contributed by atoms with Crippen molar-refractivity contribution in [2.75, 3.05) is 10.6 Å². The van der Waals surface area contributed by atoms with Crippen molar-refractivity contribution in [3.8, 4) is 0 Å². The highest BCUT2D eigenvalue weighted by Gasteiger charge is 2.23. The third-order valence-corrected chi connectivity index (χ3v) is 4.37. The van der Waals surface area contributed by atoms with Gasteiger partial charge in [-0.15, -0.1) is 0 Å². The van der Waals surface area contributed by atoms with Crippen molar-refractivity contribution in [3.63, 3.8) is 0 Å². The highest BCUT2D eigenvalue weighted by atomic mass is 79.9. The van der Waals surface area contributed by atoms with Crippen molar-refractivity contribution < 1.29 is 4.92 Å². The molecule has 0 saturated carbocycles. The van der Waals surface area contributed by atoms with E-state index in [0.717, 1.165) is 4.47 Å². The molecule has 26 heavy (non-hydrogen) atoms. The number of benzene rings is 2. The summed E-state index contributed by atoms with van der Waals surface area (Å²) >= 11 is 15.3. The van der Waals surface area contributed by atoms with E-state index in [2.05, 4.69) is 36.5 Å². The number of rotatable bonds is 5. The Morgan fingerprint density at radius 2 is 1.65 bits per heavy atom. The van der Waals surface area contributed by atoms with Crippen LogP contribution in [0, 0.1) is 10.1 Å². The second kappa shape index (κ2) is 7.86. The molecular weight excluding hydrogens is 445 g/mol. The molecule has 2 aromatic carbocycles. The quantitative estimate of drug-likeness (QED) is 0.366. The van der Waals surface area contributed by atoms with E-state index in [1.54, 1.807) is 24.3 Å².